The number of benzene rings is 2. The molecule has 134 valence electrons. The van der Waals surface area contributed by atoms with Gasteiger partial charge in [-0.05, 0) is 40.2 Å². The number of carbonyl (C=O) groups is 2. The molecule has 26 heavy (non-hydrogen) atoms. The lowest BCUT2D eigenvalue weighted by atomic mass is 10.1. The number of para-hydroxylation sites is 2. The van der Waals surface area contributed by atoms with E-state index in [1.54, 1.807) is 17.0 Å². The van der Waals surface area contributed by atoms with E-state index >= 15 is 0 Å². The number of nitrogens with zero attached hydrogens (tertiary/aromatic N) is 2. The molecule has 1 atom stereocenters. The van der Waals surface area contributed by atoms with Crippen LogP contribution in [0, 0.1) is 11.7 Å². The molecule has 2 aromatic carbocycles. The van der Waals surface area contributed by atoms with Crippen molar-refractivity contribution in [2.75, 3.05) is 29.5 Å². The van der Waals surface area contributed by atoms with Crippen molar-refractivity contribution in [2.45, 2.75) is 6.42 Å². The van der Waals surface area contributed by atoms with Crippen molar-refractivity contribution in [3.8, 4) is 5.75 Å². The minimum Gasteiger partial charge on any atom is -0.489 e. The number of hydrogen-bond donors (Lipinski definition) is 0. The van der Waals surface area contributed by atoms with Crippen LogP contribution in [0.15, 0.2) is 46.9 Å². The maximum atomic E-state index is 14.3. The van der Waals surface area contributed by atoms with Crippen LogP contribution in [-0.4, -0.2) is 31.5 Å². The molecule has 2 aromatic rings. The second kappa shape index (κ2) is 6.72. The molecule has 5 nitrogen and oxygen atoms in total. The van der Waals surface area contributed by atoms with Crippen LogP contribution in [0.3, 0.4) is 0 Å². The van der Waals surface area contributed by atoms with Gasteiger partial charge in [-0.3, -0.25) is 9.59 Å². The first-order valence-corrected chi connectivity index (χ1v) is 9.13. The summed E-state index contributed by atoms with van der Waals surface area (Å²) in [6, 6.07) is 11.9. The van der Waals surface area contributed by atoms with Crippen molar-refractivity contribution in [2.24, 2.45) is 5.92 Å². The number of halogens is 2. The quantitative estimate of drug-likeness (QED) is 0.750. The first kappa shape index (κ1) is 17.0. The van der Waals surface area contributed by atoms with Crippen molar-refractivity contribution in [3.63, 3.8) is 0 Å². The lowest BCUT2D eigenvalue weighted by Crippen LogP contribution is -2.42. The van der Waals surface area contributed by atoms with Gasteiger partial charge in [0.2, 0.25) is 11.8 Å². The Morgan fingerprint density at radius 2 is 2.00 bits per heavy atom. The zero-order chi connectivity index (χ0) is 18.3. The van der Waals surface area contributed by atoms with Gasteiger partial charge in [-0.1, -0.05) is 18.2 Å². The Balaban J connectivity index is 1.60. The zero-order valence-corrected chi connectivity index (χ0v) is 15.4. The summed E-state index contributed by atoms with van der Waals surface area (Å²) in [5, 5.41) is 0. The SMILES string of the molecule is O=C1C[C@@H](C(=O)N2CCOc3cccc(F)c32)CN1c1ccccc1Br. The number of carbonyl (C=O) groups excluding carboxylic acids is 2. The van der Waals surface area contributed by atoms with Crippen LogP contribution in [0.2, 0.25) is 0 Å². The van der Waals surface area contributed by atoms with Gasteiger partial charge in [0, 0.05) is 17.4 Å². The van der Waals surface area contributed by atoms with Crippen molar-refractivity contribution in [1.82, 2.24) is 0 Å². The summed E-state index contributed by atoms with van der Waals surface area (Å²) in [4.78, 5) is 28.5. The summed E-state index contributed by atoms with van der Waals surface area (Å²) in [6.07, 6.45) is 0.112. The minimum absolute atomic E-state index is 0.112. The average Bonchev–Trinajstić information content (AvgIpc) is 3.03. The predicted octanol–water partition coefficient (Wildman–Crippen LogP) is 3.37. The van der Waals surface area contributed by atoms with Gasteiger partial charge in [0.15, 0.2) is 5.82 Å². The van der Waals surface area contributed by atoms with Crippen molar-refractivity contribution in [3.05, 3.63) is 52.8 Å². The number of hydrogen-bond acceptors (Lipinski definition) is 3. The lowest BCUT2D eigenvalue weighted by molar-refractivity contribution is -0.124. The summed E-state index contributed by atoms with van der Waals surface area (Å²) in [7, 11) is 0. The molecule has 2 amide bonds. The Kier molecular flexibility index (Phi) is 4.40. The highest BCUT2D eigenvalue weighted by Gasteiger charge is 2.40. The van der Waals surface area contributed by atoms with Gasteiger partial charge in [-0.2, -0.15) is 0 Å². The topological polar surface area (TPSA) is 49.9 Å². The number of amides is 2. The fourth-order valence-corrected chi connectivity index (χ4v) is 3.95. The molecule has 7 heteroatoms. The Labute approximate surface area is 158 Å². The van der Waals surface area contributed by atoms with Crippen molar-refractivity contribution < 1.29 is 18.7 Å². The first-order valence-electron chi connectivity index (χ1n) is 8.34. The highest BCUT2D eigenvalue weighted by atomic mass is 79.9. The largest absolute Gasteiger partial charge is 0.489 e. The molecular weight excluding hydrogens is 403 g/mol. The van der Waals surface area contributed by atoms with Gasteiger partial charge in [-0.15, -0.1) is 0 Å². The molecule has 1 fully saturated rings. The number of rotatable bonds is 2. The fraction of sp³-hybridized carbons (Fsp3) is 0.263. The van der Waals surface area contributed by atoms with Crippen LogP contribution in [-0.2, 0) is 9.59 Å². The third kappa shape index (κ3) is 2.86. The fourth-order valence-electron chi connectivity index (χ4n) is 3.45. The second-order valence-corrected chi connectivity index (χ2v) is 7.14. The van der Waals surface area contributed by atoms with Gasteiger partial charge >= 0.3 is 0 Å². The van der Waals surface area contributed by atoms with Gasteiger partial charge in [-0.25, -0.2) is 4.39 Å². The first-order chi connectivity index (χ1) is 12.6. The lowest BCUT2D eigenvalue weighted by Gasteiger charge is -2.31. The highest BCUT2D eigenvalue weighted by Crippen LogP contribution is 2.37. The zero-order valence-electron chi connectivity index (χ0n) is 13.8. The molecule has 0 N–H and O–H groups in total. The van der Waals surface area contributed by atoms with Crippen LogP contribution in [0.4, 0.5) is 15.8 Å². The van der Waals surface area contributed by atoms with Crippen LogP contribution >= 0.6 is 15.9 Å². The smallest absolute Gasteiger partial charge is 0.232 e. The van der Waals surface area contributed by atoms with Crippen molar-refractivity contribution >= 4 is 39.1 Å². The molecule has 0 spiro atoms. The number of ether oxygens (including phenoxy) is 1. The molecule has 2 heterocycles. The maximum absolute atomic E-state index is 14.3. The molecule has 1 saturated heterocycles. The van der Waals surface area contributed by atoms with E-state index in [1.807, 2.05) is 24.3 Å². The van der Waals surface area contributed by atoms with Crippen LogP contribution in [0.1, 0.15) is 6.42 Å². The van der Waals surface area contributed by atoms with Crippen molar-refractivity contribution in [1.29, 1.82) is 0 Å². The van der Waals surface area contributed by atoms with E-state index < -0.39 is 11.7 Å². The standard InChI is InChI=1S/C19H16BrFN2O3/c20-13-4-1-2-6-15(13)23-11-12(10-17(23)24)19(25)22-8-9-26-16-7-3-5-14(21)18(16)22/h1-7,12H,8-11H2/t12-/m1/s1. The number of anilines is 2. The monoisotopic (exact) mass is 418 g/mol. The summed E-state index contributed by atoms with van der Waals surface area (Å²) >= 11 is 3.44. The van der Waals surface area contributed by atoms with E-state index in [9.17, 15) is 14.0 Å². The minimum atomic E-state index is -0.514. The van der Waals surface area contributed by atoms with E-state index in [1.165, 1.54) is 11.0 Å². The molecule has 0 aromatic heterocycles. The third-order valence-electron chi connectivity index (χ3n) is 4.68. The molecule has 2 aliphatic heterocycles. The summed E-state index contributed by atoms with van der Waals surface area (Å²) in [6.45, 7) is 0.852. The summed E-state index contributed by atoms with van der Waals surface area (Å²) in [5.41, 5.74) is 0.900. The van der Waals surface area contributed by atoms with Crippen LogP contribution in [0.5, 0.6) is 5.75 Å². The molecular formula is C19H16BrFN2O3. The molecule has 0 aliphatic carbocycles. The van der Waals surface area contributed by atoms with Gasteiger partial charge in [0.25, 0.3) is 0 Å². The van der Waals surface area contributed by atoms with E-state index in [0.29, 0.717) is 12.4 Å². The third-order valence-corrected chi connectivity index (χ3v) is 5.35. The van der Waals surface area contributed by atoms with Crippen LogP contribution < -0.4 is 14.5 Å². The molecule has 4 rings (SSSR count). The molecule has 0 bridgehead atoms. The van der Waals surface area contributed by atoms with Crippen LogP contribution in [0.25, 0.3) is 0 Å². The summed E-state index contributed by atoms with van der Waals surface area (Å²) < 4.78 is 20.5. The molecule has 2 aliphatic rings. The van der Waals surface area contributed by atoms with Gasteiger partial charge in [0.05, 0.1) is 18.2 Å². The Bertz CT molecular complexity index is 889. The molecule has 0 saturated carbocycles. The summed E-state index contributed by atoms with van der Waals surface area (Å²) in [5.74, 6) is -1.01. The normalized spacial score (nSPS) is 19.3. The molecule has 0 unspecified atom stereocenters. The highest BCUT2D eigenvalue weighted by molar-refractivity contribution is 9.10. The Morgan fingerprint density at radius 3 is 2.81 bits per heavy atom. The van der Waals surface area contributed by atoms with E-state index in [-0.39, 0.29) is 37.0 Å². The van der Waals surface area contributed by atoms with E-state index in [4.69, 9.17) is 4.74 Å². The predicted molar refractivity (Wildman–Crippen MR) is 98.9 cm³/mol. The Hall–Kier alpha value is -2.41. The van der Waals surface area contributed by atoms with E-state index in [2.05, 4.69) is 15.9 Å². The van der Waals surface area contributed by atoms with Gasteiger partial charge < -0.3 is 14.5 Å². The number of fused-ring (bicyclic) bond motifs is 1. The van der Waals surface area contributed by atoms with E-state index in [0.717, 1.165) is 10.2 Å². The second-order valence-electron chi connectivity index (χ2n) is 6.28. The maximum Gasteiger partial charge on any atom is 0.232 e. The Morgan fingerprint density at radius 1 is 1.19 bits per heavy atom. The van der Waals surface area contributed by atoms with Gasteiger partial charge in [0.1, 0.15) is 18.0 Å². The average molecular weight is 419 g/mol. The molecule has 0 radical (unpaired) electrons.